The van der Waals surface area contributed by atoms with E-state index in [0.717, 1.165) is 22.5 Å². The Bertz CT molecular complexity index is 936. The Balaban J connectivity index is 1.65. The zero-order valence-electron chi connectivity index (χ0n) is 14.9. The first-order chi connectivity index (χ1) is 12.5. The van der Waals surface area contributed by atoms with E-state index in [0.29, 0.717) is 16.5 Å². The summed E-state index contributed by atoms with van der Waals surface area (Å²) in [5.74, 6) is 0.216. The number of rotatable bonds is 5. The number of hydrogen-bond acceptors (Lipinski definition) is 3. The minimum atomic E-state index is -0.257. The Kier molecular flexibility index (Phi) is 5.28. The highest BCUT2D eigenvalue weighted by molar-refractivity contribution is 6.32. The van der Waals surface area contributed by atoms with Gasteiger partial charge in [-0.3, -0.25) is 9.48 Å². The Morgan fingerprint density at radius 2 is 1.88 bits per heavy atom. The van der Waals surface area contributed by atoms with Gasteiger partial charge in [-0.1, -0.05) is 48.0 Å². The maximum Gasteiger partial charge on any atom is 0.262 e. The van der Waals surface area contributed by atoms with Crippen LogP contribution in [0.2, 0.25) is 5.02 Å². The number of halogens is 1. The topological polar surface area (TPSA) is 56.2 Å². The van der Waals surface area contributed by atoms with Gasteiger partial charge < -0.3 is 10.1 Å². The van der Waals surface area contributed by atoms with Crippen LogP contribution in [-0.4, -0.2) is 22.3 Å². The van der Waals surface area contributed by atoms with Gasteiger partial charge in [0.1, 0.15) is 5.75 Å². The van der Waals surface area contributed by atoms with Crippen LogP contribution in [0.5, 0.6) is 5.75 Å². The molecule has 0 aliphatic heterocycles. The summed E-state index contributed by atoms with van der Waals surface area (Å²) in [4.78, 5) is 12.2. The third kappa shape index (κ3) is 3.89. The summed E-state index contributed by atoms with van der Waals surface area (Å²) >= 11 is 6.31. The van der Waals surface area contributed by atoms with E-state index < -0.39 is 0 Å². The zero-order chi connectivity index (χ0) is 18.7. The number of ether oxygens (including phenoxy) is 1. The molecule has 1 amide bonds. The molecule has 5 nitrogen and oxygen atoms in total. The first kappa shape index (κ1) is 18.0. The van der Waals surface area contributed by atoms with Crippen LogP contribution >= 0.6 is 11.6 Å². The number of hydrogen-bond donors (Lipinski definition) is 1. The number of anilines is 1. The Morgan fingerprint density at radius 1 is 1.15 bits per heavy atom. The summed E-state index contributed by atoms with van der Waals surface area (Å²) in [5, 5.41) is 7.58. The largest absolute Gasteiger partial charge is 0.482 e. The van der Waals surface area contributed by atoms with Gasteiger partial charge in [-0.2, -0.15) is 5.10 Å². The van der Waals surface area contributed by atoms with Crippen LogP contribution in [0.1, 0.15) is 11.4 Å². The molecule has 2 aromatic carbocycles. The first-order valence-electron chi connectivity index (χ1n) is 8.23. The van der Waals surface area contributed by atoms with Crippen molar-refractivity contribution in [2.45, 2.75) is 13.8 Å². The van der Waals surface area contributed by atoms with Crippen molar-refractivity contribution in [1.82, 2.24) is 9.78 Å². The van der Waals surface area contributed by atoms with Gasteiger partial charge in [0, 0.05) is 7.05 Å². The number of nitrogens with zero attached hydrogens (tertiary/aromatic N) is 2. The molecule has 3 aromatic rings. The van der Waals surface area contributed by atoms with Gasteiger partial charge in [-0.15, -0.1) is 0 Å². The summed E-state index contributed by atoms with van der Waals surface area (Å²) in [7, 11) is 1.84. The molecule has 0 saturated carbocycles. The van der Waals surface area contributed by atoms with Gasteiger partial charge in [-0.05, 0) is 37.1 Å². The molecule has 0 unspecified atom stereocenters. The average molecular weight is 370 g/mol. The number of benzene rings is 2. The van der Waals surface area contributed by atoms with E-state index in [-0.39, 0.29) is 12.5 Å². The predicted octanol–water partition coefficient (Wildman–Crippen LogP) is 4.37. The van der Waals surface area contributed by atoms with Crippen LogP contribution in [0.15, 0.2) is 48.5 Å². The molecule has 0 spiro atoms. The molecular formula is C20H20ClN3O2. The number of amides is 1. The summed E-state index contributed by atoms with van der Waals surface area (Å²) < 4.78 is 7.30. The van der Waals surface area contributed by atoms with E-state index in [4.69, 9.17) is 16.3 Å². The fraction of sp³-hybridized carbons (Fsp3) is 0.200. The molecule has 1 heterocycles. The summed E-state index contributed by atoms with van der Waals surface area (Å²) in [5.41, 5.74) is 4.44. The quantitative estimate of drug-likeness (QED) is 0.726. The molecule has 0 bridgehead atoms. The van der Waals surface area contributed by atoms with Gasteiger partial charge in [-0.25, -0.2) is 0 Å². The summed E-state index contributed by atoms with van der Waals surface area (Å²) in [6, 6.07) is 15.5. The number of carbonyl (C=O) groups excluding carboxylic acids is 1. The second-order valence-electron chi connectivity index (χ2n) is 6.02. The van der Waals surface area contributed by atoms with E-state index in [1.807, 2.05) is 63.4 Å². The second-order valence-corrected chi connectivity index (χ2v) is 6.42. The highest BCUT2D eigenvalue weighted by Gasteiger charge is 2.13. The summed E-state index contributed by atoms with van der Waals surface area (Å²) in [6.07, 6.45) is 0. The van der Waals surface area contributed by atoms with Gasteiger partial charge in [0.15, 0.2) is 6.61 Å². The molecule has 1 aromatic heterocycles. The number of nitrogens with one attached hydrogen (secondary N) is 1. The Morgan fingerprint density at radius 3 is 2.50 bits per heavy atom. The lowest BCUT2D eigenvalue weighted by atomic mass is 10.1. The van der Waals surface area contributed by atoms with E-state index in [2.05, 4.69) is 10.4 Å². The fourth-order valence-corrected chi connectivity index (χ4v) is 2.94. The molecule has 26 heavy (non-hydrogen) atoms. The van der Waals surface area contributed by atoms with E-state index in [1.54, 1.807) is 10.7 Å². The van der Waals surface area contributed by atoms with Crippen LogP contribution in [0.4, 0.5) is 5.69 Å². The zero-order valence-corrected chi connectivity index (χ0v) is 15.7. The third-order valence-electron chi connectivity index (χ3n) is 4.17. The minimum Gasteiger partial charge on any atom is -0.482 e. The minimum absolute atomic E-state index is 0.127. The van der Waals surface area contributed by atoms with Gasteiger partial charge in [0.05, 0.1) is 22.1 Å². The Labute approximate surface area is 157 Å². The molecule has 134 valence electrons. The van der Waals surface area contributed by atoms with Crippen molar-refractivity contribution >= 4 is 23.2 Å². The standard InChI is InChI=1S/C20H20ClN3O2/c1-13-20(14(2)24(3)23-13)22-19(25)12-26-18-10-9-16(11-17(18)21)15-7-5-4-6-8-15/h4-11H,12H2,1-3H3,(H,22,25). The molecule has 0 saturated heterocycles. The Hall–Kier alpha value is -2.79. The van der Waals surface area contributed by atoms with Gasteiger partial charge >= 0.3 is 0 Å². The summed E-state index contributed by atoms with van der Waals surface area (Å²) in [6.45, 7) is 3.62. The number of aryl methyl sites for hydroxylation is 2. The lowest BCUT2D eigenvalue weighted by Crippen LogP contribution is -2.21. The fourth-order valence-electron chi connectivity index (χ4n) is 2.70. The van der Waals surface area contributed by atoms with E-state index in [1.165, 1.54) is 0 Å². The van der Waals surface area contributed by atoms with Crippen molar-refractivity contribution < 1.29 is 9.53 Å². The molecule has 0 fully saturated rings. The van der Waals surface area contributed by atoms with Crippen molar-refractivity contribution in [1.29, 1.82) is 0 Å². The van der Waals surface area contributed by atoms with E-state index in [9.17, 15) is 4.79 Å². The number of carbonyl (C=O) groups is 1. The van der Waals surface area contributed by atoms with Gasteiger partial charge in [0.2, 0.25) is 0 Å². The molecular weight excluding hydrogens is 350 g/mol. The SMILES string of the molecule is Cc1nn(C)c(C)c1NC(=O)COc1ccc(-c2ccccc2)cc1Cl. The van der Waals surface area contributed by atoms with Crippen molar-refractivity contribution in [3.05, 3.63) is 64.9 Å². The lowest BCUT2D eigenvalue weighted by molar-refractivity contribution is -0.118. The lowest BCUT2D eigenvalue weighted by Gasteiger charge is -2.10. The second kappa shape index (κ2) is 7.62. The smallest absolute Gasteiger partial charge is 0.262 e. The highest BCUT2D eigenvalue weighted by atomic mass is 35.5. The first-order valence-corrected chi connectivity index (χ1v) is 8.61. The molecule has 6 heteroatoms. The van der Waals surface area contributed by atoms with Crippen LogP contribution < -0.4 is 10.1 Å². The molecule has 0 atom stereocenters. The molecule has 3 rings (SSSR count). The van der Waals surface area contributed by atoms with E-state index >= 15 is 0 Å². The normalized spacial score (nSPS) is 10.6. The highest BCUT2D eigenvalue weighted by Crippen LogP contribution is 2.30. The monoisotopic (exact) mass is 369 g/mol. The van der Waals surface area contributed by atoms with Crippen molar-refractivity contribution in [2.24, 2.45) is 7.05 Å². The van der Waals surface area contributed by atoms with Crippen molar-refractivity contribution in [3.8, 4) is 16.9 Å². The number of aromatic nitrogens is 2. The van der Waals surface area contributed by atoms with Crippen LogP contribution in [0.25, 0.3) is 11.1 Å². The van der Waals surface area contributed by atoms with Crippen LogP contribution in [-0.2, 0) is 11.8 Å². The van der Waals surface area contributed by atoms with Crippen molar-refractivity contribution in [2.75, 3.05) is 11.9 Å². The molecule has 0 aliphatic carbocycles. The maximum atomic E-state index is 12.2. The van der Waals surface area contributed by atoms with Crippen LogP contribution in [0.3, 0.4) is 0 Å². The van der Waals surface area contributed by atoms with Crippen LogP contribution in [0, 0.1) is 13.8 Å². The van der Waals surface area contributed by atoms with Gasteiger partial charge in [0.25, 0.3) is 5.91 Å². The molecule has 0 aliphatic rings. The average Bonchev–Trinajstić information content (AvgIpc) is 2.87. The van der Waals surface area contributed by atoms with Crippen molar-refractivity contribution in [3.63, 3.8) is 0 Å². The third-order valence-corrected chi connectivity index (χ3v) is 4.47. The predicted molar refractivity (Wildman–Crippen MR) is 104 cm³/mol. The molecule has 1 N–H and O–H groups in total. The molecule has 0 radical (unpaired) electrons. The maximum absolute atomic E-state index is 12.2.